The van der Waals surface area contributed by atoms with Crippen molar-refractivity contribution in [2.75, 3.05) is 20.3 Å². The molecule has 0 saturated heterocycles. The van der Waals surface area contributed by atoms with Gasteiger partial charge in [0.05, 0.1) is 12.1 Å². The summed E-state index contributed by atoms with van der Waals surface area (Å²) < 4.78 is 10.9. The quantitative estimate of drug-likeness (QED) is 0.770. The smallest absolute Gasteiger partial charge is 0.180 e. The van der Waals surface area contributed by atoms with E-state index < -0.39 is 0 Å². The standard InChI is InChI=1S/C14H20ClNO2/c1-5-16-8-11-6-12(15)14(13(7-11)17-4)18-9-10(2)3/h6-7,16H,2,5,8-9H2,1,3-4H3. The van der Waals surface area contributed by atoms with Crippen molar-refractivity contribution < 1.29 is 9.47 Å². The maximum atomic E-state index is 6.21. The molecule has 0 aliphatic rings. The summed E-state index contributed by atoms with van der Waals surface area (Å²) in [5, 5.41) is 3.80. The Labute approximate surface area is 114 Å². The van der Waals surface area contributed by atoms with Gasteiger partial charge in [-0.05, 0) is 36.7 Å². The van der Waals surface area contributed by atoms with Crippen LogP contribution in [0.5, 0.6) is 11.5 Å². The fourth-order valence-electron chi connectivity index (χ4n) is 1.48. The van der Waals surface area contributed by atoms with Crippen LogP contribution in [0.25, 0.3) is 0 Å². The third-order valence-corrected chi connectivity index (χ3v) is 2.61. The molecule has 0 aliphatic heterocycles. The summed E-state index contributed by atoms with van der Waals surface area (Å²) in [7, 11) is 1.61. The van der Waals surface area contributed by atoms with Gasteiger partial charge in [-0.2, -0.15) is 0 Å². The van der Waals surface area contributed by atoms with Crippen LogP contribution in [0.2, 0.25) is 5.02 Å². The largest absolute Gasteiger partial charge is 0.493 e. The molecule has 4 heteroatoms. The van der Waals surface area contributed by atoms with Crippen molar-refractivity contribution in [2.45, 2.75) is 20.4 Å². The van der Waals surface area contributed by atoms with Gasteiger partial charge in [-0.3, -0.25) is 0 Å². The van der Waals surface area contributed by atoms with Crippen LogP contribution in [-0.4, -0.2) is 20.3 Å². The summed E-state index contributed by atoms with van der Waals surface area (Å²) in [6.07, 6.45) is 0. The fraction of sp³-hybridized carbons (Fsp3) is 0.429. The monoisotopic (exact) mass is 269 g/mol. The third kappa shape index (κ3) is 4.24. The molecule has 0 saturated carbocycles. The average molecular weight is 270 g/mol. The van der Waals surface area contributed by atoms with Gasteiger partial charge < -0.3 is 14.8 Å². The lowest BCUT2D eigenvalue weighted by Crippen LogP contribution is -2.12. The second-order valence-corrected chi connectivity index (χ2v) is 4.54. The number of rotatable bonds is 7. The van der Waals surface area contributed by atoms with E-state index in [0.29, 0.717) is 23.1 Å². The second kappa shape index (κ2) is 7.29. The number of halogens is 1. The van der Waals surface area contributed by atoms with E-state index in [2.05, 4.69) is 18.8 Å². The maximum absolute atomic E-state index is 6.21. The molecule has 0 radical (unpaired) electrons. The molecule has 18 heavy (non-hydrogen) atoms. The van der Waals surface area contributed by atoms with Crippen molar-refractivity contribution in [1.82, 2.24) is 5.32 Å². The van der Waals surface area contributed by atoms with Gasteiger partial charge in [-0.25, -0.2) is 0 Å². The minimum Gasteiger partial charge on any atom is -0.493 e. The first-order valence-electron chi connectivity index (χ1n) is 5.92. The molecule has 1 rings (SSSR count). The minimum atomic E-state index is 0.433. The summed E-state index contributed by atoms with van der Waals surface area (Å²) in [4.78, 5) is 0. The Morgan fingerprint density at radius 1 is 1.44 bits per heavy atom. The first-order valence-corrected chi connectivity index (χ1v) is 6.30. The van der Waals surface area contributed by atoms with Gasteiger partial charge in [0.1, 0.15) is 6.61 Å². The highest BCUT2D eigenvalue weighted by molar-refractivity contribution is 6.32. The van der Waals surface area contributed by atoms with Gasteiger partial charge in [-0.1, -0.05) is 25.1 Å². The van der Waals surface area contributed by atoms with Gasteiger partial charge in [0.2, 0.25) is 0 Å². The number of benzene rings is 1. The van der Waals surface area contributed by atoms with E-state index in [1.54, 1.807) is 7.11 Å². The molecule has 0 bridgehead atoms. The molecule has 0 unspecified atom stereocenters. The Morgan fingerprint density at radius 2 is 2.17 bits per heavy atom. The highest BCUT2D eigenvalue weighted by atomic mass is 35.5. The van der Waals surface area contributed by atoms with Crippen LogP contribution in [0.3, 0.4) is 0 Å². The molecular weight excluding hydrogens is 250 g/mol. The van der Waals surface area contributed by atoms with E-state index in [9.17, 15) is 0 Å². The SMILES string of the molecule is C=C(C)COc1c(Cl)cc(CNCC)cc1OC. The lowest BCUT2D eigenvalue weighted by Gasteiger charge is -2.14. The summed E-state index contributed by atoms with van der Waals surface area (Å²) in [6.45, 7) is 9.86. The molecule has 0 heterocycles. The van der Waals surface area contributed by atoms with Crippen molar-refractivity contribution in [2.24, 2.45) is 0 Å². The van der Waals surface area contributed by atoms with Gasteiger partial charge in [-0.15, -0.1) is 0 Å². The van der Waals surface area contributed by atoms with Gasteiger partial charge >= 0.3 is 0 Å². The molecule has 0 amide bonds. The zero-order chi connectivity index (χ0) is 13.5. The van der Waals surface area contributed by atoms with Crippen molar-refractivity contribution in [3.05, 3.63) is 34.9 Å². The van der Waals surface area contributed by atoms with E-state index in [1.165, 1.54) is 0 Å². The molecule has 100 valence electrons. The normalized spacial score (nSPS) is 10.2. The third-order valence-electron chi connectivity index (χ3n) is 2.33. The van der Waals surface area contributed by atoms with Crippen molar-refractivity contribution in [3.63, 3.8) is 0 Å². The molecule has 1 aromatic rings. The molecule has 0 aromatic heterocycles. The lowest BCUT2D eigenvalue weighted by atomic mass is 10.2. The average Bonchev–Trinajstić information content (AvgIpc) is 2.34. The Morgan fingerprint density at radius 3 is 2.72 bits per heavy atom. The van der Waals surface area contributed by atoms with Crippen molar-refractivity contribution in [3.8, 4) is 11.5 Å². The predicted octanol–water partition coefficient (Wildman–Crippen LogP) is 3.41. The Kier molecular flexibility index (Phi) is 6.02. The summed E-state index contributed by atoms with van der Waals surface area (Å²) in [5.74, 6) is 1.22. The predicted molar refractivity (Wildman–Crippen MR) is 75.7 cm³/mol. The number of ether oxygens (including phenoxy) is 2. The van der Waals surface area contributed by atoms with E-state index in [1.807, 2.05) is 19.1 Å². The summed E-state index contributed by atoms with van der Waals surface area (Å²) in [5.41, 5.74) is 2.01. The molecule has 0 aliphatic carbocycles. The minimum absolute atomic E-state index is 0.433. The Hall–Kier alpha value is -1.19. The van der Waals surface area contributed by atoms with Crippen LogP contribution in [0.4, 0.5) is 0 Å². The van der Waals surface area contributed by atoms with Gasteiger partial charge in [0, 0.05) is 6.54 Å². The van der Waals surface area contributed by atoms with Crippen molar-refractivity contribution >= 4 is 11.6 Å². The zero-order valence-corrected chi connectivity index (χ0v) is 11.9. The van der Waals surface area contributed by atoms with Crippen LogP contribution in [0.1, 0.15) is 19.4 Å². The highest BCUT2D eigenvalue weighted by Gasteiger charge is 2.11. The number of nitrogens with one attached hydrogen (secondary N) is 1. The topological polar surface area (TPSA) is 30.5 Å². The van der Waals surface area contributed by atoms with Crippen LogP contribution >= 0.6 is 11.6 Å². The molecule has 3 nitrogen and oxygen atoms in total. The van der Waals surface area contributed by atoms with E-state index in [4.69, 9.17) is 21.1 Å². The highest BCUT2D eigenvalue weighted by Crippen LogP contribution is 2.36. The molecular formula is C14H20ClNO2. The van der Waals surface area contributed by atoms with Gasteiger partial charge in [0.25, 0.3) is 0 Å². The Balaban J connectivity index is 2.92. The van der Waals surface area contributed by atoms with E-state index in [0.717, 1.165) is 24.2 Å². The van der Waals surface area contributed by atoms with Crippen molar-refractivity contribution in [1.29, 1.82) is 0 Å². The van der Waals surface area contributed by atoms with E-state index >= 15 is 0 Å². The lowest BCUT2D eigenvalue weighted by molar-refractivity contribution is 0.319. The molecule has 0 spiro atoms. The molecule has 1 aromatic carbocycles. The fourth-order valence-corrected chi connectivity index (χ4v) is 1.77. The first kappa shape index (κ1) is 14.9. The van der Waals surface area contributed by atoms with Crippen LogP contribution < -0.4 is 14.8 Å². The Bertz CT molecular complexity index is 419. The van der Waals surface area contributed by atoms with Crippen LogP contribution in [-0.2, 0) is 6.54 Å². The summed E-state index contributed by atoms with van der Waals surface area (Å²) in [6, 6.07) is 3.82. The number of hydrogen-bond donors (Lipinski definition) is 1. The van der Waals surface area contributed by atoms with Crippen LogP contribution in [0, 0.1) is 0 Å². The second-order valence-electron chi connectivity index (χ2n) is 4.14. The number of hydrogen-bond acceptors (Lipinski definition) is 3. The molecule has 0 atom stereocenters. The molecule has 0 fully saturated rings. The first-order chi connectivity index (χ1) is 8.58. The summed E-state index contributed by atoms with van der Waals surface area (Å²) >= 11 is 6.21. The van der Waals surface area contributed by atoms with Gasteiger partial charge in [0.15, 0.2) is 11.5 Å². The maximum Gasteiger partial charge on any atom is 0.180 e. The number of methoxy groups -OCH3 is 1. The molecule has 1 N–H and O–H groups in total. The van der Waals surface area contributed by atoms with Crippen LogP contribution in [0.15, 0.2) is 24.3 Å². The zero-order valence-electron chi connectivity index (χ0n) is 11.2. The van der Waals surface area contributed by atoms with E-state index in [-0.39, 0.29) is 0 Å².